The monoisotopic (exact) mass is 167 g/mol. The molecule has 0 aliphatic rings. The summed E-state index contributed by atoms with van der Waals surface area (Å²) in [6.07, 6.45) is 0. The van der Waals surface area contributed by atoms with Gasteiger partial charge in [-0.2, -0.15) is 0 Å². The fraction of sp³-hybridized carbons (Fsp3) is 0.333. The Balaban J connectivity index is 4.52. The molecule has 0 radical (unpaired) electrons. The molecule has 0 saturated heterocycles. The highest BCUT2D eigenvalue weighted by Gasteiger charge is 2.17. The molecular weight excluding hydrogens is 154 g/mol. The lowest BCUT2D eigenvalue weighted by atomic mass is 10.1. The molecule has 12 heavy (non-hydrogen) atoms. The van der Waals surface area contributed by atoms with Gasteiger partial charge in [0.2, 0.25) is 0 Å². The predicted octanol–water partition coefficient (Wildman–Crippen LogP) is 0.776. The van der Waals surface area contributed by atoms with E-state index in [-0.39, 0.29) is 17.3 Å². The minimum absolute atomic E-state index is 0.0347. The van der Waals surface area contributed by atoms with Crippen LogP contribution < -0.4 is 0 Å². The van der Waals surface area contributed by atoms with Crippen LogP contribution in [-0.2, 0) is 9.59 Å². The van der Waals surface area contributed by atoms with Gasteiger partial charge in [0.1, 0.15) is 0 Å². The van der Waals surface area contributed by atoms with Gasteiger partial charge in [-0.25, -0.2) is 0 Å². The normalized spacial score (nSPS) is 8.92. The van der Waals surface area contributed by atoms with Crippen molar-refractivity contribution in [1.82, 2.24) is 4.90 Å². The van der Waals surface area contributed by atoms with E-state index in [2.05, 4.69) is 13.2 Å². The van der Waals surface area contributed by atoms with Crippen LogP contribution in [0.3, 0.4) is 0 Å². The van der Waals surface area contributed by atoms with E-state index < -0.39 is 0 Å². The van der Waals surface area contributed by atoms with Crippen molar-refractivity contribution in [3.8, 4) is 0 Å². The molecular formula is C9H13NO2. The summed E-state index contributed by atoms with van der Waals surface area (Å²) < 4.78 is 0. The van der Waals surface area contributed by atoms with Crippen molar-refractivity contribution >= 4 is 11.7 Å². The minimum atomic E-state index is -0.381. The van der Waals surface area contributed by atoms with Crippen molar-refractivity contribution in [2.75, 3.05) is 14.1 Å². The molecule has 0 atom stereocenters. The number of ketones is 1. The topological polar surface area (TPSA) is 37.4 Å². The molecule has 0 fully saturated rings. The summed E-state index contributed by atoms with van der Waals surface area (Å²) in [7, 11) is 3.14. The Morgan fingerprint density at radius 2 is 1.58 bits per heavy atom. The van der Waals surface area contributed by atoms with E-state index in [9.17, 15) is 9.59 Å². The largest absolute Gasteiger partial charge is 0.345 e. The quantitative estimate of drug-likeness (QED) is 0.354. The van der Waals surface area contributed by atoms with Gasteiger partial charge in [0.15, 0.2) is 5.78 Å². The van der Waals surface area contributed by atoms with E-state index >= 15 is 0 Å². The molecule has 0 aliphatic carbocycles. The zero-order valence-corrected chi connectivity index (χ0v) is 7.68. The zero-order chi connectivity index (χ0) is 9.89. The first kappa shape index (κ1) is 10.6. The van der Waals surface area contributed by atoms with Gasteiger partial charge in [0.25, 0.3) is 5.91 Å². The highest BCUT2D eigenvalue weighted by molar-refractivity contribution is 6.24. The van der Waals surface area contributed by atoms with Gasteiger partial charge in [-0.15, -0.1) is 0 Å². The number of nitrogens with zero attached hydrogens (tertiary/aromatic N) is 1. The zero-order valence-electron chi connectivity index (χ0n) is 7.68. The smallest absolute Gasteiger partial charge is 0.256 e. The number of likely N-dealkylation sites (N-methyl/N-ethyl adjacent to an activating group) is 1. The number of allylic oxidation sites excluding steroid dienone is 1. The standard InChI is InChI=1S/C9H13NO2/c1-6(2)8(11)7(3)9(12)10(4)5/h1,3H2,2,4-5H3. The lowest BCUT2D eigenvalue weighted by Gasteiger charge is -2.10. The number of hydrogen-bond donors (Lipinski definition) is 0. The summed E-state index contributed by atoms with van der Waals surface area (Å²) in [6, 6.07) is 0. The fourth-order valence-corrected chi connectivity index (χ4v) is 0.625. The first-order valence-corrected chi connectivity index (χ1v) is 3.48. The maximum Gasteiger partial charge on any atom is 0.256 e. The van der Waals surface area contributed by atoms with Gasteiger partial charge < -0.3 is 4.90 Å². The van der Waals surface area contributed by atoms with E-state index in [0.717, 1.165) is 0 Å². The third-order valence-electron chi connectivity index (χ3n) is 1.33. The summed E-state index contributed by atoms with van der Waals surface area (Å²) in [5.41, 5.74) is 0.294. The van der Waals surface area contributed by atoms with Crippen LogP contribution >= 0.6 is 0 Å². The van der Waals surface area contributed by atoms with Crippen molar-refractivity contribution in [3.63, 3.8) is 0 Å². The van der Waals surface area contributed by atoms with Crippen LogP contribution in [0.1, 0.15) is 6.92 Å². The Morgan fingerprint density at radius 1 is 1.17 bits per heavy atom. The third-order valence-corrected chi connectivity index (χ3v) is 1.33. The number of Topliss-reactive ketones (excluding diaryl/α,β-unsaturated/α-hetero) is 1. The fourth-order valence-electron chi connectivity index (χ4n) is 0.625. The molecule has 0 aliphatic heterocycles. The van der Waals surface area contributed by atoms with Crippen molar-refractivity contribution in [1.29, 1.82) is 0 Å². The molecule has 0 bridgehead atoms. The van der Waals surface area contributed by atoms with Gasteiger partial charge in [0, 0.05) is 14.1 Å². The summed E-state index contributed by atoms with van der Waals surface area (Å²) >= 11 is 0. The van der Waals surface area contributed by atoms with E-state index in [0.29, 0.717) is 5.57 Å². The number of amides is 1. The lowest BCUT2D eigenvalue weighted by molar-refractivity contribution is -0.127. The summed E-state index contributed by atoms with van der Waals surface area (Å²) in [5, 5.41) is 0. The van der Waals surface area contributed by atoms with Crippen LogP contribution in [0.4, 0.5) is 0 Å². The SMILES string of the molecule is C=C(C)C(=O)C(=C)C(=O)N(C)C. The molecule has 0 spiro atoms. The Bertz CT molecular complexity index is 251. The van der Waals surface area contributed by atoms with Crippen LogP contribution in [0.5, 0.6) is 0 Å². The second-order valence-electron chi connectivity index (χ2n) is 2.79. The molecule has 0 saturated carbocycles. The maximum absolute atomic E-state index is 11.2. The Kier molecular flexibility index (Phi) is 3.41. The Morgan fingerprint density at radius 3 is 1.83 bits per heavy atom. The van der Waals surface area contributed by atoms with Crippen LogP contribution in [0.2, 0.25) is 0 Å². The molecule has 0 aromatic heterocycles. The number of rotatable bonds is 3. The van der Waals surface area contributed by atoms with Crippen molar-refractivity contribution in [3.05, 3.63) is 24.3 Å². The van der Waals surface area contributed by atoms with Gasteiger partial charge >= 0.3 is 0 Å². The first-order chi connectivity index (χ1) is 5.37. The van der Waals surface area contributed by atoms with Gasteiger partial charge in [-0.3, -0.25) is 9.59 Å². The summed E-state index contributed by atoms with van der Waals surface area (Å²) in [5.74, 6) is -0.753. The molecule has 66 valence electrons. The van der Waals surface area contributed by atoms with Crippen LogP contribution in [0.25, 0.3) is 0 Å². The predicted molar refractivity (Wildman–Crippen MR) is 47.7 cm³/mol. The Hall–Kier alpha value is -1.38. The average Bonchev–Trinajstić information content (AvgIpc) is 2.00. The van der Waals surface area contributed by atoms with E-state index in [1.165, 1.54) is 4.90 Å². The lowest BCUT2D eigenvalue weighted by Crippen LogP contribution is -2.26. The molecule has 0 unspecified atom stereocenters. The highest BCUT2D eigenvalue weighted by Crippen LogP contribution is 2.03. The third kappa shape index (κ3) is 2.34. The molecule has 0 aromatic rings. The van der Waals surface area contributed by atoms with Gasteiger partial charge in [-0.05, 0) is 12.5 Å². The number of carbonyl (C=O) groups is 2. The molecule has 0 heterocycles. The number of hydrogen-bond acceptors (Lipinski definition) is 2. The first-order valence-electron chi connectivity index (χ1n) is 3.48. The second kappa shape index (κ2) is 3.85. The molecule has 0 rings (SSSR count). The van der Waals surface area contributed by atoms with E-state index in [4.69, 9.17) is 0 Å². The van der Waals surface area contributed by atoms with Crippen LogP contribution in [0.15, 0.2) is 24.3 Å². The van der Waals surface area contributed by atoms with Gasteiger partial charge in [0.05, 0.1) is 5.57 Å². The highest BCUT2D eigenvalue weighted by atomic mass is 16.2. The summed E-state index contributed by atoms with van der Waals surface area (Å²) in [6.45, 7) is 8.38. The van der Waals surface area contributed by atoms with Crippen LogP contribution in [0, 0.1) is 0 Å². The van der Waals surface area contributed by atoms with Crippen molar-refractivity contribution in [2.45, 2.75) is 6.92 Å². The van der Waals surface area contributed by atoms with E-state index in [1.54, 1.807) is 21.0 Å². The average molecular weight is 167 g/mol. The van der Waals surface area contributed by atoms with Crippen molar-refractivity contribution < 1.29 is 9.59 Å². The molecule has 1 amide bonds. The summed E-state index contributed by atoms with van der Waals surface area (Å²) in [4.78, 5) is 23.6. The molecule has 0 aromatic carbocycles. The van der Waals surface area contributed by atoms with Crippen LogP contribution in [-0.4, -0.2) is 30.7 Å². The molecule has 0 N–H and O–H groups in total. The van der Waals surface area contributed by atoms with E-state index in [1.807, 2.05) is 0 Å². The minimum Gasteiger partial charge on any atom is -0.345 e. The molecule has 3 nitrogen and oxygen atoms in total. The second-order valence-corrected chi connectivity index (χ2v) is 2.79. The van der Waals surface area contributed by atoms with Gasteiger partial charge in [-0.1, -0.05) is 13.2 Å². The number of carbonyl (C=O) groups excluding carboxylic acids is 2. The molecule has 3 heteroatoms. The van der Waals surface area contributed by atoms with Crippen molar-refractivity contribution in [2.24, 2.45) is 0 Å². The maximum atomic E-state index is 11.2. The Labute approximate surface area is 72.4 Å².